The molecule has 0 radical (unpaired) electrons. The predicted octanol–water partition coefficient (Wildman–Crippen LogP) is 4.56. The summed E-state index contributed by atoms with van der Waals surface area (Å²) in [7, 11) is 0. The summed E-state index contributed by atoms with van der Waals surface area (Å²) in [5.41, 5.74) is 3.95. The van der Waals surface area contributed by atoms with Gasteiger partial charge in [-0.15, -0.1) is 0 Å². The van der Waals surface area contributed by atoms with E-state index in [1.54, 1.807) is 0 Å². The van der Waals surface area contributed by atoms with Crippen molar-refractivity contribution in [1.29, 1.82) is 0 Å². The second-order valence-electron chi connectivity index (χ2n) is 4.94. The van der Waals surface area contributed by atoms with Gasteiger partial charge in [-0.3, -0.25) is 5.32 Å². The molecule has 5 heteroatoms. The summed E-state index contributed by atoms with van der Waals surface area (Å²) in [6, 6.07) is 13.4. The topological polar surface area (TPSA) is 54.0 Å². The lowest BCUT2D eigenvalue weighted by Gasteiger charge is -2.05. The van der Waals surface area contributed by atoms with E-state index in [1.165, 1.54) is 16.9 Å². The lowest BCUT2D eigenvalue weighted by Crippen LogP contribution is -2.19. The summed E-state index contributed by atoms with van der Waals surface area (Å²) in [6.45, 7) is 4.02. The van der Waals surface area contributed by atoms with Gasteiger partial charge in [-0.1, -0.05) is 29.5 Å². The van der Waals surface area contributed by atoms with E-state index in [4.69, 9.17) is 0 Å². The first kappa shape index (κ1) is 13.6. The normalized spacial score (nSPS) is 10.6. The highest BCUT2D eigenvalue weighted by molar-refractivity contribution is 7.22. The average Bonchev–Trinajstić information content (AvgIpc) is 2.79. The van der Waals surface area contributed by atoms with Crippen LogP contribution >= 0.6 is 11.3 Å². The minimum absolute atomic E-state index is 0.281. The van der Waals surface area contributed by atoms with Gasteiger partial charge in [-0.25, -0.2) is 9.78 Å². The van der Waals surface area contributed by atoms with E-state index >= 15 is 0 Å². The number of aryl methyl sites for hydroxylation is 2. The average molecular weight is 297 g/mol. The fraction of sp³-hybridized carbons (Fsp3) is 0.125. The van der Waals surface area contributed by atoms with E-state index in [1.807, 2.05) is 50.2 Å². The summed E-state index contributed by atoms with van der Waals surface area (Å²) in [4.78, 5) is 16.4. The van der Waals surface area contributed by atoms with Crippen molar-refractivity contribution in [3.05, 3.63) is 53.6 Å². The summed E-state index contributed by atoms with van der Waals surface area (Å²) < 4.78 is 1.07. The van der Waals surface area contributed by atoms with Crippen LogP contribution in [-0.4, -0.2) is 11.0 Å². The van der Waals surface area contributed by atoms with E-state index < -0.39 is 0 Å². The molecule has 0 saturated heterocycles. The van der Waals surface area contributed by atoms with Crippen LogP contribution in [0.2, 0.25) is 0 Å². The molecule has 3 aromatic rings. The molecule has 0 atom stereocenters. The van der Waals surface area contributed by atoms with Gasteiger partial charge in [0.2, 0.25) is 0 Å². The Morgan fingerprint density at radius 1 is 1.05 bits per heavy atom. The number of carbonyl (C=O) groups excluding carboxylic acids is 1. The number of benzene rings is 2. The molecule has 0 aliphatic carbocycles. The van der Waals surface area contributed by atoms with Crippen molar-refractivity contribution in [3.8, 4) is 0 Å². The Kier molecular flexibility index (Phi) is 3.58. The molecule has 4 nitrogen and oxygen atoms in total. The largest absolute Gasteiger partial charge is 0.325 e. The van der Waals surface area contributed by atoms with Crippen LogP contribution in [0.15, 0.2) is 42.5 Å². The molecular weight excluding hydrogens is 282 g/mol. The monoisotopic (exact) mass is 297 g/mol. The number of carbonyl (C=O) groups is 1. The molecule has 0 bridgehead atoms. The zero-order chi connectivity index (χ0) is 14.8. The molecule has 1 heterocycles. The number of aromatic nitrogens is 1. The number of thiazole rings is 1. The predicted molar refractivity (Wildman–Crippen MR) is 88.2 cm³/mol. The second kappa shape index (κ2) is 5.54. The van der Waals surface area contributed by atoms with Crippen LogP contribution in [0.5, 0.6) is 0 Å². The second-order valence-corrected chi connectivity index (χ2v) is 5.97. The number of hydrogen-bond donors (Lipinski definition) is 2. The molecule has 0 fully saturated rings. The lowest BCUT2D eigenvalue weighted by atomic mass is 10.2. The fourth-order valence-corrected chi connectivity index (χ4v) is 3.03. The summed E-state index contributed by atoms with van der Waals surface area (Å²) >= 11 is 1.47. The van der Waals surface area contributed by atoms with Crippen LogP contribution in [0.3, 0.4) is 0 Å². The van der Waals surface area contributed by atoms with Crippen molar-refractivity contribution in [3.63, 3.8) is 0 Å². The Morgan fingerprint density at radius 2 is 1.86 bits per heavy atom. The molecule has 2 aromatic carbocycles. The third kappa shape index (κ3) is 3.20. The zero-order valence-electron chi connectivity index (χ0n) is 11.8. The van der Waals surface area contributed by atoms with Gasteiger partial charge in [-0.05, 0) is 49.2 Å². The Balaban J connectivity index is 1.74. The van der Waals surface area contributed by atoms with Gasteiger partial charge in [0.15, 0.2) is 5.13 Å². The molecule has 0 unspecified atom stereocenters. The third-order valence-corrected chi connectivity index (χ3v) is 3.97. The third-order valence-electron chi connectivity index (χ3n) is 3.04. The minimum atomic E-state index is -0.281. The first-order valence-electron chi connectivity index (χ1n) is 6.62. The maximum Gasteiger partial charge on any atom is 0.325 e. The van der Waals surface area contributed by atoms with Gasteiger partial charge in [0.25, 0.3) is 0 Å². The summed E-state index contributed by atoms with van der Waals surface area (Å²) in [6.07, 6.45) is 0. The van der Waals surface area contributed by atoms with Crippen LogP contribution in [-0.2, 0) is 0 Å². The Labute approximate surface area is 126 Å². The first-order valence-corrected chi connectivity index (χ1v) is 7.44. The SMILES string of the molecule is Cc1cccc(NC(=O)Nc2nc3ccc(C)cc3s2)c1. The molecule has 0 aliphatic heterocycles. The molecular formula is C16H15N3OS. The van der Waals surface area contributed by atoms with Crippen molar-refractivity contribution in [2.24, 2.45) is 0 Å². The first-order chi connectivity index (χ1) is 10.1. The summed E-state index contributed by atoms with van der Waals surface area (Å²) in [5, 5.41) is 6.18. The smallest absolute Gasteiger partial charge is 0.308 e. The van der Waals surface area contributed by atoms with Crippen LogP contribution < -0.4 is 10.6 Å². The van der Waals surface area contributed by atoms with Crippen molar-refractivity contribution in [2.45, 2.75) is 13.8 Å². The molecule has 1 aromatic heterocycles. The maximum absolute atomic E-state index is 12.0. The Hall–Kier alpha value is -2.40. The number of fused-ring (bicyclic) bond motifs is 1. The molecule has 0 spiro atoms. The Bertz CT molecular complexity index is 810. The van der Waals surface area contributed by atoms with E-state index in [9.17, 15) is 4.79 Å². The summed E-state index contributed by atoms with van der Waals surface area (Å²) in [5.74, 6) is 0. The van der Waals surface area contributed by atoms with E-state index in [2.05, 4.69) is 21.7 Å². The van der Waals surface area contributed by atoms with Crippen LogP contribution in [0.1, 0.15) is 11.1 Å². The highest BCUT2D eigenvalue weighted by Crippen LogP contribution is 2.26. The quantitative estimate of drug-likeness (QED) is 0.728. The van der Waals surface area contributed by atoms with E-state index in [0.29, 0.717) is 5.13 Å². The van der Waals surface area contributed by atoms with E-state index in [-0.39, 0.29) is 6.03 Å². The molecule has 21 heavy (non-hydrogen) atoms. The number of amides is 2. The van der Waals surface area contributed by atoms with Gasteiger partial charge >= 0.3 is 6.03 Å². The van der Waals surface area contributed by atoms with Gasteiger partial charge < -0.3 is 5.32 Å². The van der Waals surface area contributed by atoms with Crippen molar-refractivity contribution in [2.75, 3.05) is 10.6 Å². The standard InChI is InChI=1S/C16H15N3OS/c1-10-4-3-5-12(8-10)17-15(20)19-16-18-13-7-6-11(2)9-14(13)21-16/h3-9H,1-2H3,(H2,17,18,19,20). The van der Waals surface area contributed by atoms with Gasteiger partial charge in [0.05, 0.1) is 10.2 Å². The maximum atomic E-state index is 12.0. The van der Waals surface area contributed by atoms with Crippen LogP contribution in [0.25, 0.3) is 10.2 Å². The van der Waals surface area contributed by atoms with Crippen LogP contribution in [0.4, 0.5) is 15.6 Å². The molecule has 2 N–H and O–H groups in total. The highest BCUT2D eigenvalue weighted by atomic mass is 32.1. The van der Waals surface area contributed by atoms with Gasteiger partial charge in [0.1, 0.15) is 0 Å². The number of urea groups is 1. The zero-order valence-corrected chi connectivity index (χ0v) is 12.6. The van der Waals surface area contributed by atoms with Crippen LogP contribution in [0, 0.1) is 13.8 Å². The molecule has 106 valence electrons. The molecule has 2 amide bonds. The highest BCUT2D eigenvalue weighted by Gasteiger charge is 2.08. The minimum Gasteiger partial charge on any atom is -0.308 e. The molecule has 3 rings (SSSR count). The number of nitrogens with one attached hydrogen (secondary N) is 2. The molecule has 0 aliphatic rings. The van der Waals surface area contributed by atoms with Crippen molar-refractivity contribution >= 4 is 38.4 Å². The lowest BCUT2D eigenvalue weighted by molar-refractivity contribution is 0.262. The number of nitrogens with zero attached hydrogens (tertiary/aromatic N) is 1. The van der Waals surface area contributed by atoms with Gasteiger partial charge in [-0.2, -0.15) is 0 Å². The van der Waals surface area contributed by atoms with Gasteiger partial charge in [0, 0.05) is 5.69 Å². The number of rotatable bonds is 2. The number of anilines is 2. The molecule has 0 saturated carbocycles. The van der Waals surface area contributed by atoms with Crippen molar-refractivity contribution < 1.29 is 4.79 Å². The Morgan fingerprint density at radius 3 is 2.67 bits per heavy atom. The number of hydrogen-bond acceptors (Lipinski definition) is 3. The van der Waals surface area contributed by atoms with E-state index in [0.717, 1.165) is 21.5 Å². The van der Waals surface area contributed by atoms with Crippen molar-refractivity contribution in [1.82, 2.24) is 4.98 Å². The fourth-order valence-electron chi connectivity index (χ4n) is 2.07.